The summed E-state index contributed by atoms with van der Waals surface area (Å²) in [5, 5.41) is 11.9. The largest absolute Gasteiger partial charge is 0.384 e. The van der Waals surface area contributed by atoms with Crippen LogP contribution in [0.4, 0.5) is 10.1 Å². The van der Waals surface area contributed by atoms with Crippen molar-refractivity contribution in [3.63, 3.8) is 0 Å². The number of allylic oxidation sites excluding steroid dienone is 3. The Bertz CT molecular complexity index is 1110. The third kappa shape index (κ3) is 3.30. The lowest BCUT2D eigenvalue weighted by molar-refractivity contribution is -0.118. The standard InChI is InChI=1S/C22H19BrFN3OS/c1-22(2)9-16-20(17(28)10-22)19(18-4-3-7-29-18)13(11-25)21(26)27(16)15-6-5-12(23)8-14(15)24/h3-8,19H,9-10,26H2,1-2H3. The molecular formula is C22H19BrFN3OS. The van der Waals surface area contributed by atoms with Crippen LogP contribution in [-0.2, 0) is 4.79 Å². The van der Waals surface area contributed by atoms with Crippen LogP contribution in [0.25, 0.3) is 0 Å². The number of thiophene rings is 1. The maximum absolute atomic E-state index is 14.9. The normalized spacial score (nSPS) is 21.3. The highest BCUT2D eigenvalue weighted by Crippen LogP contribution is 2.51. The topological polar surface area (TPSA) is 70.1 Å². The van der Waals surface area contributed by atoms with Gasteiger partial charge in [-0.1, -0.05) is 35.8 Å². The minimum atomic E-state index is -0.506. The molecule has 1 aromatic heterocycles. The van der Waals surface area contributed by atoms with E-state index < -0.39 is 11.7 Å². The van der Waals surface area contributed by atoms with E-state index in [1.807, 2.05) is 31.4 Å². The van der Waals surface area contributed by atoms with Crippen LogP contribution < -0.4 is 10.6 Å². The van der Waals surface area contributed by atoms with Gasteiger partial charge in [-0.3, -0.25) is 9.69 Å². The van der Waals surface area contributed by atoms with E-state index in [1.54, 1.807) is 17.0 Å². The average Bonchev–Trinajstić information content (AvgIpc) is 3.15. The van der Waals surface area contributed by atoms with Crippen LogP contribution in [0.1, 0.15) is 37.5 Å². The maximum Gasteiger partial charge on any atom is 0.162 e. The van der Waals surface area contributed by atoms with Gasteiger partial charge >= 0.3 is 0 Å². The van der Waals surface area contributed by atoms with Crippen LogP contribution >= 0.6 is 27.3 Å². The number of halogens is 2. The molecule has 0 bridgehead atoms. The van der Waals surface area contributed by atoms with Gasteiger partial charge in [0.25, 0.3) is 0 Å². The van der Waals surface area contributed by atoms with Gasteiger partial charge in [0.05, 0.1) is 23.2 Å². The van der Waals surface area contributed by atoms with E-state index in [9.17, 15) is 14.4 Å². The number of anilines is 1. The Kier molecular flexibility index (Phi) is 4.88. The molecule has 4 nitrogen and oxygen atoms in total. The van der Waals surface area contributed by atoms with Crippen molar-refractivity contribution in [2.45, 2.75) is 32.6 Å². The van der Waals surface area contributed by atoms with Gasteiger partial charge in [-0.15, -0.1) is 11.3 Å². The smallest absolute Gasteiger partial charge is 0.162 e. The average molecular weight is 472 g/mol. The van der Waals surface area contributed by atoms with Crippen LogP contribution in [-0.4, -0.2) is 5.78 Å². The number of benzene rings is 1. The monoisotopic (exact) mass is 471 g/mol. The Morgan fingerprint density at radius 3 is 2.72 bits per heavy atom. The van der Waals surface area contributed by atoms with E-state index in [2.05, 4.69) is 22.0 Å². The zero-order chi connectivity index (χ0) is 20.9. The number of rotatable bonds is 2. The quantitative estimate of drug-likeness (QED) is 0.619. The van der Waals surface area contributed by atoms with Crippen molar-refractivity contribution in [1.29, 1.82) is 5.26 Å². The van der Waals surface area contributed by atoms with E-state index >= 15 is 0 Å². The Labute approximate surface area is 181 Å². The van der Waals surface area contributed by atoms with Crippen molar-refractivity contribution in [1.82, 2.24) is 0 Å². The van der Waals surface area contributed by atoms with Crippen LogP contribution in [0, 0.1) is 22.6 Å². The molecule has 2 aliphatic rings. The number of nitrogens with two attached hydrogens (primary N) is 1. The Morgan fingerprint density at radius 1 is 1.34 bits per heavy atom. The van der Waals surface area contributed by atoms with Gasteiger partial charge in [-0.25, -0.2) is 4.39 Å². The fourth-order valence-corrected chi connectivity index (χ4v) is 5.36. The summed E-state index contributed by atoms with van der Waals surface area (Å²) in [5.41, 5.74) is 7.94. The molecule has 1 aliphatic carbocycles. The molecule has 0 spiro atoms. The van der Waals surface area contributed by atoms with Gasteiger partial charge in [0, 0.05) is 27.0 Å². The number of hydrogen-bond donors (Lipinski definition) is 1. The van der Waals surface area contributed by atoms with E-state index in [-0.39, 0.29) is 28.3 Å². The van der Waals surface area contributed by atoms with Gasteiger partial charge in [0.15, 0.2) is 5.78 Å². The molecule has 7 heteroatoms. The number of carbonyl (C=O) groups is 1. The second kappa shape index (κ2) is 7.12. The van der Waals surface area contributed by atoms with Crippen LogP contribution in [0.3, 0.4) is 0 Å². The molecule has 0 amide bonds. The number of hydrogen-bond acceptors (Lipinski definition) is 5. The highest BCUT2D eigenvalue weighted by molar-refractivity contribution is 9.10. The van der Waals surface area contributed by atoms with Crippen molar-refractivity contribution in [2.24, 2.45) is 11.1 Å². The minimum Gasteiger partial charge on any atom is -0.384 e. The Balaban J connectivity index is 2.02. The molecule has 2 aromatic rings. The lowest BCUT2D eigenvalue weighted by atomic mass is 9.69. The number of carbonyl (C=O) groups excluding carboxylic acids is 1. The lowest BCUT2D eigenvalue weighted by Gasteiger charge is -2.43. The summed E-state index contributed by atoms with van der Waals surface area (Å²) < 4.78 is 15.5. The fraction of sp³-hybridized carbons (Fsp3) is 0.273. The Morgan fingerprint density at radius 2 is 2.10 bits per heavy atom. The Hall–Kier alpha value is -2.43. The highest BCUT2D eigenvalue weighted by atomic mass is 79.9. The van der Waals surface area contributed by atoms with E-state index in [0.717, 1.165) is 4.88 Å². The first-order valence-electron chi connectivity index (χ1n) is 9.18. The second-order valence-corrected chi connectivity index (χ2v) is 9.99. The number of nitrogens with zero attached hydrogens (tertiary/aromatic N) is 2. The first kappa shape index (κ1) is 19.9. The molecule has 148 valence electrons. The molecule has 1 aromatic carbocycles. The zero-order valence-corrected chi connectivity index (χ0v) is 18.4. The third-order valence-electron chi connectivity index (χ3n) is 5.36. The number of Topliss-reactive ketones (excluding diaryl/α,β-unsaturated/α-hetero) is 1. The molecule has 1 aliphatic heterocycles. The summed E-state index contributed by atoms with van der Waals surface area (Å²) >= 11 is 4.76. The molecule has 1 atom stereocenters. The van der Waals surface area contributed by atoms with Crippen molar-refractivity contribution >= 4 is 38.7 Å². The SMILES string of the molecule is CC1(C)CC(=O)C2=C(C1)N(c1ccc(Br)cc1F)C(N)=C(C#N)C2c1cccs1. The van der Waals surface area contributed by atoms with Gasteiger partial charge in [-0.05, 0) is 41.5 Å². The zero-order valence-electron chi connectivity index (χ0n) is 16.0. The molecular weight excluding hydrogens is 453 g/mol. The van der Waals surface area contributed by atoms with Crippen molar-refractivity contribution in [2.75, 3.05) is 4.90 Å². The molecule has 0 radical (unpaired) electrons. The van der Waals surface area contributed by atoms with Gasteiger partial charge in [0.2, 0.25) is 0 Å². The molecule has 29 heavy (non-hydrogen) atoms. The van der Waals surface area contributed by atoms with Gasteiger partial charge in [0.1, 0.15) is 11.6 Å². The molecule has 1 unspecified atom stereocenters. The predicted octanol–water partition coefficient (Wildman–Crippen LogP) is 5.59. The summed E-state index contributed by atoms with van der Waals surface area (Å²) in [7, 11) is 0. The van der Waals surface area contributed by atoms with E-state index in [0.29, 0.717) is 28.6 Å². The van der Waals surface area contributed by atoms with Crippen LogP contribution in [0.2, 0.25) is 0 Å². The summed E-state index contributed by atoms with van der Waals surface area (Å²) in [4.78, 5) is 15.7. The summed E-state index contributed by atoms with van der Waals surface area (Å²) in [6, 6.07) is 10.7. The van der Waals surface area contributed by atoms with E-state index in [4.69, 9.17) is 5.73 Å². The molecule has 0 fully saturated rings. The van der Waals surface area contributed by atoms with Crippen LogP contribution in [0.5, 0.6) is 0 Å². The van der Waals surface area contributed by atoms with Crippen LogP contribution in [0.15, 0.2) is 62.8 Å². The van der Waals surface area contributed by atoms with E-state index in [1.165, 1.54) is 17.4 Å². The highest BCUT2D eigenvalue weighted by Gasteiger charge is 2.45. The fourth-order valence-electron chi connectivity index (χ4n) is 4.19. The molecule has 0 saturated carbocycles. The van der Waals surface area contributed by atoms with Gasteiger partial charge in [-0.2, -0.15) is 5.26 Å². The minimum absolute atomic E-state index is 0.0163. The summed E-state index contributed by atoms with van der Waals surface area (Å²) in [6.45, 7) is 4.04. The molecule has 4 rings (SSSR count). The molecule has 0 saturated heterocycles. The van der Waals surface area contributed by atoms with Crippen molar-refractivity contribution < 1.29 is 9.18 Å². The number of nitriles is 1. The number of ketones is 1. The first-order chi connectivity index (χ1) is 13.7. The maximum atomic E-state index is 14.9. The van der Waals surface area contributed by atoms with Gasteiger partial charge < -0.3 is 5.73 Å². The second-order valence-electron chi connectivity index (χ2n) is 8.09. The summed E-state index contributed by atoms with van der Waals surface area (Å²) in [6.07, 6.45) is 0.938. The molecule has 2 heterocycles. The predicted molar refractivity (Wildman–Crippen MR) is 116 cm³/mol. The molecule has 2 N–H and O–H groups in total. The van der Waals surface area contributed by atoms with Crippen molar-refractivity contribution in [3.05, 3.63) is 73.5 Å². The first-order valence-corrected chi connectivity index (χ1v) is 10.9. The summed E-state index contributed by atoms with van der Waals surface area (Å²) in [5.74, 6) is -0.820. The third-order valence-corrected chi connectivity index (χ3v) is 6.79. The van der Waals surface area contributed by atoms with Crippen molar-refractivity contribution in [3.8, 4) is 6.07 Å². The lowest BCUT2D eigenvalue weighted by Crippen LogP contribution is -2.42.